The molecule has 0 aliphatic carbocycles. The van der Waals surface area contributed by atoms with E-state index in [-0.39, 0.29) is 6.61 Å². The minimum absolute atomic E-state index is 0.120. The monoisotopic (exact) mass is 616 g/mol. The molecular formula is C41H32N2O2S. The molecule has 224 valence electrons. The van der Waals surface area contributed by atoms with Gasteiger partial charge in [0.1, 0.15) is 16.8 Å². The van der Waals surface area contributed by atoms with Crippen LogP contribution in [0.1, 0.15) is 28.7 Å². The van der Waals surface area contributed by atoms with Gasteiger partial charge in [0.2, 0.25) is 0 Å². The Morgan fingerprint density at radius 3 is 1.35 bits per heavy atom. The molecule has 0 saturated carbocycles. The number of hydrogen-bond donors (Lipinski definition) is 1. The first-order valence-corrected chi connectivity index (χ1v) is 16.1. The van der Waals surface area contributed by atoms with Crippen molar-refractivity contribution in [3.05, 3.63) is 174 Å². The summed E-state index contributed by atoms with van der Waals surface area (Å²) in [6.45, 7) is 0.612. The zero-order valence-electron chi connectivity index (χ0n) is 25.2. The van der Waals surface area contributed by atoms with Crippen molar-refractivity contribution in [1.82, 2.24) is 8.75 Å². The molecule has 1 N–H and O–H groups in total. The van der Waals surface area contributed by atoms with Gasteiger partial charge in [0.25, 0.3) is 0 Å². The SMILES string of the molecule is OCCCOc1ccc(-c2ccc(-c3ccc(C(=C(c4ccccc4)c4ccccc4)c4ccccc4)cc3)c3nsnc23)cc1. The van der Waals surface area contributed by atoms with E-state index in [1.54, 1.807) is 0 Å². The smallest absolute Gasteiger partial charge is 0.119 e. The third-order valence-corrected chi connectivity index (χ3v) is 8.60. The van der Waals surface area contributed by atoms with Gasteiger partial charge in [0.05, 0.1) is 18.3 Å². The number of aliphatic hydroxyl groups is 1. The molecule has 0 spiro atoms. The van der Waals surface area contributed by atoms with Gasteiger partial charge >= 0.3 is 0 Å². The number of fused-ring (bicyclic) bond motifs is 1. The number of ether oxygens (including phenoxy) is 1. The van der Waals surface area contributed by atoms with Crippen LogP contribution in [0.2, 0.25) is 0 Å². The van der Waals surface area contributed by atoms with Gasteiger partial charge in [-0.1, -0.05) is 140 Å². The van der Waals surface area contributed by atoms with E-state index >= 15 is 0 Å². The van der Waals surface area contributed by atoms with E-state index in [1.165, 1.54) is 39.6 Å². The lowest BCUT2D eigenvalue weighted by molar-refractivity contribution is 0.233. The topological polar surface area (TPSA) is 55.2 Å². The molecule has 0 fully saturated rings. The zero-order chi connectivity index (χ0) is 31.1. The highest BCUT2D eigenvalue weighted by Crippen LogP contribution is 2.39. The number of aromatic nitrogens is 2. The van der Waals surface area contributed by atoms with Gasteiger partial charge in [-0.15, -0.1) is 0 Å². The van der Waals surface area contributed by atoms with Crippen LogP contribution in [-0.2, 0) is 0 Å². The molecule has 7 rings (SSSR count). The second-order valence-electron chi connectivity index (χ2n) is 11.0. The standard InChI is InChI=1S/C41H32N2O2S/c44-27-10-28-45-35-23-21-30(22-24-35)37-26-25-36(40-41(37)43-46-42-40)29-17-19-34(20-18-29)39(33-15-8-3-9-16-33)38(31-11-4-1-5-12-31)32-13-6-2-7-14-32/h1-9,11-26,44H,10,27-28H2. The lowest BCUT2D eigenvalue weighted by Crippen LogP contribution is -1.99. The summed E-state index contributed by atoms with van der Waals surface area (Å²) >= 11 is 1.24. The van der Waals surface area contributed by atoms with E-state index in [4.69, 9.17) is 18.6 Å². The number of benzene rings is 6. The fourth-order valence-electron chi connectivity index (χ4n) is 5.86. The summed E-state index contributed by atoms with van der Waals surface area (Å²) in [5.74, 6) is 0.785. The number of nitrogens with zero attached hydrogens (tertiary/aromatic N) is 2. The van der Waals surface area contributed by atoms with Crippen molar-refractivity contribution < 1.29 is 9.84 Å². The third kappa shape index (κ3) is 6.11. The van der Waals surface area contributed by atoms with E-state index in [2.05, 4.69) is 127 Å². The lowest BCUT2D eigenvalue weighted by atomic mass is 9.85. The molecule has 1 heterocycles. The van der Waals surface area contributed by atoms with Crippen LogP contribution < -0.4 is 4.74 Å². The van der Waals surface area contributed by atoms with Gasteiger partial charge < -0.3 is 9.84 Å². The van der Waals surface area contributed by atoms with Crippen LogP contribution in [0.4, 0.5) is 0 Å². The lowest BCUT2D eigenvalue weighted by Gasteiger charge is -2.18. The number of hydrogen-bond acceptors (Lipinski definition) is 5. The maximum atomic E-state index is 9.02. The average molecular weight is 617 g/mol. The van der Waals surface area contributed by atoms with Crippen LogP contribution in [0.3, 0.4) is 0 Å². The third-order valence-electron chi connectivity index (χ3n) is 8.07. The summed E-state index contributed by atoms with van der Waals surface area (Å²) < 4.78 is 15.2. The Balaban J connectivity index is 1.29. The molecule has 0 saturated heterocycles. The highest BCUT2D eigenvalue weighted by Gasteiger charge is 2.18. The Morgan fingerprint density at radius 2 is 0.913 bits per heavy atom. The number of rotatable bonds is 10. The summed E-state index contributed by atoms with van der Waals surface area (Å²) in [5.41, 5.74) is 13.1. The molecule has 0 aliphatic heterocycles. The van der Waals surface area contributed by atoms with Crippen molar-refractivity contribution in [1.29, 1.82) is 0 Å². The predicted molar refractivity (Wildman–Crippen MR) is 190 cm³/mol. The van der Waals surface area contributed by atoms with Gasteiger partial charge in [-0.25, -0.2) is 0 Å². The van der Waals surface area contributed by atoms with Crippen LogP contribution in [-0.4, -0.2) is 27.1 Å². The van der Waals surface area contributed by atoms with Crippen LogP contribution >= 0.6 is 11.7 Å². The van der Waals surface area contributed by atoms with Gasteiger partial charge in [-0.3, -0.25) is 0 Å². The molecule has 0 unspecified atom stereocenters. The Labute approximate surface area is 273 Å². The van der Waals surface area contributed by atoms with Crippen molar-refractivity contribution in [3.63, 3.8) is 0 Å². The fourth-order valence-corrected chi connectivity index (χ4v) is 6.43. The molecule has 6 aromatic carbocycles. The average Bonchev–Trinajstić information content (AvgIpc) is 3.62. The first-order valence-electron chi connectivity index (χ1n) is 15.4. The largest absolute Gasteiger partial charge is 0.494 e. The van der Waals surface area contributed by atoms with E-state index < -0.39 is 0 Å². The van der Waals surface area contributed by atoms with E-state index in [1.807, 2.05) is 24.3 Å². The summed E-state index contributed by atoms with van der Waals surface area (Å²) in [6.07, 6.45) is 0.611. The maximum absolute atomic E-state index is 9.02. The van der Waals surface area contributed by atoms with Crippen LogP contribution in [0.5, 0.6) is 5.75 Å². The first-order chi connectivity index (χ1) is 22.8. The molecule has 0 aliphatic rings. The minimum atomic E-state index is 0.120. The Morgan fingerprint density at radius 1 is 0.500 bits per heavy atom. The van der Waals surface area contributed by atoms with Crippen molar-refractivity contribution in [2.45, 2.75) is 6.42 Å². The van der Waals surface area contributed by atoms with Gasteiger partial charge in [0.15, 0.2) is 0 Å². The second-order valence-corrected chi connectivity index (χ2v) is 11.5. The molecule has 0 amide bonds. The highest BCUT2D eigenvalue weighted by atomic mass is 32.1. The molecule has 0 radical (unpaired) electrons. The van der Waals surface area contributed by atoms with Crippen molar-refractivity contribution in [2.24, 2.45) is 0 Å². The molecule has 0 atom stereocenters. The van der Waals surface area contributed by atoms with Crippen LogP contribution in [0.15, 0.2) is 152 Å². The predicted octanol–water partition coefficient (Wildman–Crippen LogP) is 9.79. The Bertz CT molecular complexity index is 2030. The molecule has 0 bridgehead atoms. The summed E-state index contributed by atoms with van der Waals surface area (Å²) in [5, 5.41) is 9.02. The molecular weight excluding hydrogens is 585 g/mol. The van der Waals surface area contributed by atoms with E-state index in [0.29, 0.717) is 13.0 Å². The molecule has 7 aromatic rings. The molecule has 4 nitrogen and oxygen atoms in total. The quantitative estimate of drug-likeness (QED) is 0.123. The van der Waals surface area contributed by atoms with E-state index in [0.717, 1.165) is 44.6 Å². The zero-order valence-corrected chi connectivity index (χ0v) is 26.0. The maximum Gasteiger partial charge on any atom is 0.119 e. The molecule has 46 heavy (non-hydrogen) atoms. The minimum Gasteiger partial charge on any atom is -0.494 e. The second kappa shape index (κ2) is 13.7. The normalized spacial score (nSPS) is 11.0. The Hall–Kier alpha value is -5.36. The summed E-state index contributed by atoms with van der Waals surface area (Å²) in [7, 11) is 0. The van der Waals surface area contributed by atoms with Crippen molar-refractivity contribution in [2.75, 3.05) is 13.2 Å². The van der Waals surface area contributed by atoms with Crippen molar-refractivity contribution in [3.8, 4) is 28.0 Å². The van der Waals surface area contributed by atoms with E-state index in [9.17, 15) is 0 Å². The van der Waals surface area contributed by atoms with Crippen molar-refractivity contribution >= 4 is 33.9 Å². The van der Waals surface area contributed by atoms with Gasteiger partial charge in [-0.05, 0) is 56.7 Å². The molecule has 1 aromatic heterocycles. The first kappa shape index (κ1) is 29.4. The summed E-state index contributed by atoms with van der Waals surface area (Å²) in [4.78, 5) is 0. The Kier molecular flexibility index (Phi) is 8.77. The van der Waals surface area contributed by atoms with Crippen LogP contribution in [0, 0.1) is 0 Å². The fraction of sp³-hybridized carbons (Fsp3) is 0.0732. The molecule has 5 heteroatoms. The van der Waals surface area contributed by atoms with Gasteiger partial charge in [0, 0.05) is 24.2 Å². The summed E-state index contributed by atoms with van der Waals surface area (Å²) in [6, 6.07) is 53.0. The van der Waals surface area contributed by atoms with Gasteiger partial charge in [-0.2, -0.15) is 8.75 Å². The highest BCUT2D eigenvalue weighted by molar-refractivity contribution is 7.00. The van der Waals surface area contributed by atoms with Crippen LogP contribution in [0.25, 0.3) is 44.4 Å². The number of aliphatic hydroxyl groups excluding tert-OH is 1.